The van der Waals surface area contributed by atoms with E-state index in [0.717, 1.165) is 31.8 Å². The summed E-state index contributed by atoms with van der Waals surface area (Å²) in [7, 11) is 0. The van der Waals surface area contributed by atoms with E-state index in [-0.39, 0.29) is 12.2 Å². The Kier molecular flexibility index (Phi) is 3.60. The van der Waals surface area contributed by atoms with Gasteiger partial charge in [-0.3, -0.25) is 0 Å². The molecule has 2 rings (SSSR count). The number of ether oxygens (including phenoxy) is 1. The van der Waals surface area contributed by atoms with Crippen LogP contribution in [0.3, 0.4) is 0 Å². The Morgan fingerprint density at radius 2 is 1.81 bits per heavy atom. The number of rotatable bonds is 3. The van der Waals surface area contributed by atoms with Gasteiger partial charge in [0.15, 0.2) is 0 Å². The second kappa shape index (κ2) is 4.66. The summed E-state index contributed by atoms with van der Waals surface area (Å²) in [5.41, 5.74) is 0.349. The first-order chi connectivity index (χ1) is 7.47. The van der Waals surface area contributed by atoms with Gasteiger partial charge in [0.25, 0.3) is 0 Å². The Morgan fingerprint density at radius 3 is 2.38 bits per heavy atom. The molecule has 0 aromatic rings. The van der Waals surface area contributed by atoms with Crippen LogP contribution in [0.4, 0.5) is 0 Å². The summed E-state index contributed by atoms with van der Waals surface area (Å²) in [6.07, 6.45) is 5.62. The maximum Gasteiger partial charge on any atom is 0.0836 e. The second-order valence-electron chi connectivity index (χ2n) is 6.76. The maximum absolute atomic E-state index is 9.96. The van der Waals surface area contributed by atoms with Gasteiger partial charge < -0.3 is 9.84 Å². The van der Waals surface area contributed by atoms with Crippen LogP contribution in [-0.2, 0) is 4.74 Å². The highest BCUT2D eigenvalue weighted by atomic mass is 16.5. The normalized spacial score (nSPS) is 36.4. The molecule has 2 nitrogen and oxygen atoms in total. The highest BCUT2D eigenvalue weighted by molar-refractivity contribution is 4.86. The molecule has 0 aromatic heterocycles. The minimum absolute atomic E-state index is 0.0959. The van der Waals surface area contributed by atoms with Gasteiger partial charge in [-0.05, 0) is 49.4 Å². The molecule has 2 saturated carbocycles. The quantitative estimate of drug-likeness (QED) is 0.801. The fourth-order valence-electron chi connectivity index (χ4n) is 2.62. The van der Waals surface area contributed by atoms with E-state index >= 15 is 0 Å². The summed E-state index contributed by atoms with van der Waals surface area (Å²) in [5, 5.41) is 9.96. The lowest BCUT2D eigenvalue weighted by atomic mass is 9.71. The van der Waals surface area contributed by atoms with Crippen LogP contribution in [0, 0.1) is 17.3 Å². The van der Waals surface area contributed by atoms with Gasteiger partial charge in [0.05, 0.1) is 12.2 Å². The molecule has 0 amide bonds. The molecular weight excluding hydrogens is 200 g/mol. The average molecular weight is 226 g/mol. The number of hydrogen-bond acceptors (Lipinski definition) is 2. The third-order valence-corrected chi connectivity index (χ3v) is 4.22. The molecule has 0 aromatic carbocycles. The molecule has 3 atom stereocenters. The van der Waals surface area contributed by atoms with Gasteiger partial charge in [0.1, 0.15) is 0 Å². The number of aliphatic hydroxyl groups excluding tert-OH is 1. The van der Waals surface area contributed by atoms with Crippen LogP contribution in [0.2, 0.25) is 0 Å². The smallest absolute Gasteiger partial charge is 0.0836 e. The SMILES string of the molecule is CC(C)(C)C1CCC(O)C(OCC2CC2)C1. The van der Waals surface area contributed by atoms with Crippen molar-refractivity contribution in [2.45, 2.75) is 65.1 Å². The van der Waals surface area contributed by atoms with E-state index in [1.807, 2.05) is 0 Å². The maximum atomic E-state index is 9.96. The summed E-state index contributed by atoms with van der Waals surface area (Å²) in [6.45, 7) is 7.77. The van der Waals surface area contributed by atoms with Crippen molar-refractivity contribution >= 4 is 0 Å². The summed E-state index contributed by atoms with van der Waals surface area (Å²) in [4.78, 5) is 0. The molecule has 0 bridgehead atoms. The van der Waals surface area contributed by atoms with Gasteiger partial charge in [-0.2, -0.15) is 0 Å². The standard InChI is InChI=1S/C14H26O2/c1-14(2,3)11-6-7-12(15)13(8-11)16-9-10-4-5-10/h10-13,15H,4-9H2,1-3H3. The van der Waals surface area contributed by atoms with E-state index in [9.17, 15) is 5.11 Å². The zero-order chi connectivity index (χ0) is 11.8. The predicted molar refractivity (Wildman–Crippen MR) is 65.3 cm³/mol. The lowest BCUT2D eigenvalue weighted by Gasteiger charge is -2.39. The molecule has 1 N–H and O–H groups in total. The van der Waals surface area contributed by atoms with E-state index in [4.69, 9.17) is 4.74 Å². The molecule has 2 aliphatic carbocycles. The van der Waals surface area contributed by atoms with Crippen LogP contribution in [0.1, 0.15) is 52.9 Å². The third kappa shape index (κ3) is 3.21. The van der Waals surface area contributed by atoms with Crippen LogP contribution in [0.25, 0.3) is 0 Å². The van der Waals surface area contributed by atoms with E-state index in [1.165, 1.54) is 12.8 Å². The summed E-state index contributed by atoms with van der Waals surface area (Å²) in [6, 6.07) is 0. The monoisotopic (exact) mass is 226 g/mol. The first kappa shape index (κ1) is 12.4. The van der Waals surface area contributed by atoms with Crippen LogP contribution >= 0.6 is 0 Å². The van der Waals surface area contributed by atoms with Crippen molar-refractivity contribution in [3.05, 3.63) is 0 Å². The Labute approximate surface area is 99.4 Å². The van der Waals surface area contributed by atoms with Crippen LogP contribution < -0.4 is 0 Å². The van der Waals surface area contributed by atoms with E-state index in [2.05, 4.69) is 20.8 Å². The van der Waals surface area contributed by atoms with Crippen molar-refractivity contribution in [1.29, 1.82) is 0 Å². The molecule has 0 saturated heterocycles. The van der Waals surface area contributed by atoms with E-state index < -0.39 is 0 Å². The van der Waals surface area contributed by atoms with E-state index in [0.29, 0.717) is 11.3 Å². The molecule has 94 valence electrons. The van der Waals surface area contributed by atoms with Gasteiger partial charge in [-0.1, -0.05) is 20.8 Å². The van der Waals surface area contributed by atoms with Crippen molar-refractivity contribution in [2.75, 3.05) is 6.61 Å². The highest BCUT2D eigenvalue weighted by Gasteiger charge is 2.36. The first-order valence-corrected chi connectivity index (χ1v) is 6.76. The lowest BCUT2D eigenvalue weighted by molar-refractivity contribution is -0.0863. The van der Waals surface area contributed by atoms with Crippen molar-refractivity contribution in [3.63, 3.8) is 0 Å². The Morgan fingerprint density at radius 1 is 1.12 bits per heavy atom. The first-order valence-electron chi connectivity index (χ1n) is 6.76. The molecule has 0 aliphatic heterocycles. The van der Waals surface area contributed by atoms with Crippen molar-refractivity contribution < 1.29 is 9.84 Å². The zero-order valence-corrected chi connectivity index (χ0v) is 10.9. The third-order valence-electron chi connectivity index (χ3n) is 4.22. The molecule has 0 spiro atoms. The minimum atomic E-state index is -0.225. The summed E-state index contributed by atoms with van der Waals surface area (Å²) >= 11 is 0. The van der Waals surface area contributed by atoms with Crippen LogP contribution in [0.5, 0.6) is 0 Å². The Hall–Kier alpha value is -0.0800. The lowest BCUT2D eigenvalue weighted by Crippen LogP contribution is -2.40. The molecule has 16 heavy (non-hydrogen) atoms. The summed E-state index contributed by atoms with van der Waals surface area (Å²) < 4.78 is 5.89. The second-order valence-corrected chi connectivity index (χ2v) is 6.76. The number of aliphatic hydroxyl groups is 1. The zero-order valence-electron chi connectivity index (χ0n) is 10.9. The van der Waals surface area contributed by atoms with Crippen molar-refractivity contribution in [2.24, 2.45) is 17.3 Å². The van der Waals surface area contributed by atoms with E-state index in [1.54, 1.807) is 0 Å². The average Bonchev–Trinajstić information content (AvgIpc) is 2.98. The largest absolute Gasteiger partial charge is 0.390 e. The van der Waals surface area contributed by atoms with Gasteiger partial charge in [-0.15, -0.1) is 0 Å². The van der Waals surface area contributed by atoms with Gasteiger partial charge >= 0.3 is 0 Å². The van der Waals surface area contributed by atoms with Crippen molar-refractivity contribution in [1.82, 2.24) is 0 Å². The van der Waals surface area contributed by atoms with Crippen molar-refractivity contribution in [3.8, 4) is 0 Å². The Balaban J connectivity index is 1.83. The van der Waals surface area contributed by atoms with Gasteiger partial charge in [0.2, 0.25) is 0 Å². The summed E-state index contributed by atoms with van der Waals surface area (Å²) in [5.74, 6) is 1.49. The Bertz CT molecular complexity index is 227. The minimum Gasteiger partial charge on any atom is -0.390 e. The fourth-order valence-corrected chi connectivity index (χ4v) is 2.62. The molecule has 3 unspecified atom stereocenters. The van der Waals surface area contributed by atoms with Crippen LogP contribution in [0.15, 0.2) is 0 Å². The molecule has 2 heteroatoms. The number of hydrogen-bond donors (Lipinski definition) is 1. The van der Waals surface area contributed by atoms with Gasteiger partial charge in [-0.25, -0.2) is 0 Å². The molecule has 2 fully saturated rings. The highest BCUT2D eigenvalue weighted by Crippen LogP contribution is 2.39. The topological polar surface area (TPSA) is 29.5 Å². The molecule has 0 heterocycles. The van der Waals surface area contributed by atoms with Crippen LogP contribution in [-0.4, -0.2) is 23.9 Å². The fraction of sp³-hybridized carbons (Fsp3) is 1.00. The molecule has 2 aliphatic rings. The molecular formula is C14H26O2. The molecule has 0 radical (unpaired) electrons. The van der Waals surface area contributed by atoms with Gasteiger partial charge in [0, 0.05) is 6.61 Å². The predicted octanol–water partition coefficient (Wildman–Crippen LogP) is 2.99.